The van der Waals surface area contributed by atoms with Gasteiger partial charge in [-0.15, -0.1) is 0 Å². The van der Waals surface area contributed by atoms with Crippen LogP contribution in [0.25, 0.3) is 10.9 Å². The molecule has 1 N–H and O–H groups in total. The van der Waals surface area contributed by atoms with Crippen LogP contribution in [0.1, 0.15) is 34.1 Å². The molecule has 3 nitrogen and oxygen atoms in total. The maximum atomic E-state index is 13.9. The van der Waals surface area contributed by atoms with Crippen LogP contribution in [0, 0.1) is 19.7 Å². The minimum absolute atomic E-state index is 0.246. The molecule has 142 valence electrons. The highest BCUT2D eigenvalue weighted by Gasteiger charge is 2.31. The Morgan fingerprint density at radius 1 is 1.11 bits per heavy atom. The number of carbonyl (C=O) groups is 1. The van der Waals surface area contributed by atoms with Crippen LogP contribution in [0.3, 0.4) is 0 Å². The number of hydrogen-bond acceptors (Lipinski definition) is 1. The van der Waals surface area contributed by atoms with Crippen molar-refractivity contribution in [3.05, 3.63) is 64.6 Å². The molecule has 0 spiro atoms. The van der Waals surface area contributed by atoms with Crippen molar-refractivity contribution in [2.24, 2.45) is 0 Å². The molecule has 0 fully saturated rings. The fourth-order valence-electron chi connectivity index (χ4n) is 3.19. The van der Waals surface area contributed by atoms with E-state index in [9.17, 15) is 22.4 Å². The van der Waals surface area contributed by atoms with E-state index in [1.54, 1.807) is 18.2 Å². The van der Waals surface area contributed by atoms with Gasteiger partial charge in [-0.1, -0.05) is 0 Å². The molecule has 0 saturated heterocycles. The Hall–Kier alpha value is -2.83. The van der Waals surface area contributed by atoms with E-state index in [2.05, 4.69) is 9.88 Å². The summed E-state index contributed by atoms with van der Waals surface area (Å²) in [6.45, 7) is 6.72. The van der Waals surface area contributed by atoms with Crippen molar-refractivity contribution in [3.63, 3.8) is 0 Å². The van der Waals surface area contributed by atoms with Gasteiger partial charge < -0.3 is 9.88 Å². The Morgan fingerprint density at radius 2 is 1.81 bits per heavy atom. The summed E-state index contributed by atoms with van der Waals surface area (Å²) in [7, 11) is 0. The van der Waals surface area contributed by atoms with Crippen molar-refractivity contribution >= 4 is 22.5 Å². The van der Waals surface area contributed by atoms with Crippen LogP contribution in [0.2, 0.25) is 0 Å². The molecule has 0 saturated carbocycles. The fraction of sp³-hybridized carbons (Fsp3) is 0.250. The second kappa shape index (κ2) is 6.72. The molecule has 0 radical (unpaired) electrons. The van der Waals surface area contributed by atoms with Gasteiger partial charge in [0.2, 0.25) is 0 Å². The van der Waals surface area contributed by atoms with Crippen molar-refractivity contribution in [1.82, 2.24) is 4.57 Å². The van der Waals surface area contributed by atoms with Crippen LogP contribution in [-0.2, 0) is 12.7 Å². The van der Waals surface area contributed by atoms with Gasteiger partial charge in [0.1, 0.15) is 5.82 Å². The molecule has 1 aromatic heterocycles. The highest BCUT2D eigenvalue weighted by atomic mass is 19.4. The fourth-order valence-corrected chi connectivity index (χ4v) is 3.19. The molecule has 0 bridgehead atoms. The first kappa shape index (κ1) is 18.9. The van der Waals surface area contributed by atoms with E-state index in [-0.39, 0.29) is 5.56 Å². The molecule has 2 aromatic carbocycles. The first-order valence-electron chi connectivity index (χ1n) is 8.41. The minimum atomic E-state index is -4.62. The lowest BCUT2D eigenvalue weighted by atomic mass is 10.1. The number of amides is 1. The maximum Gasteiger partial charge on any atom is 0.416 e. The summed E-state index contributed by atoms with van der Waals surface area (Å²) >= 11 is 0. The van der Waals surface area contributed by atoms with E-state index < -0.39 is 29.2 Å². The lowest BCUT2D eigenvalue weighted by Gasteiger charge is -2.11. The van der Waals surface area contributed by atoms with E-state index in [4.69, 9.17) is 0 Å². The lowest BCUT2D eigenvalue weighted by molar-refractivity contribution is -0.137. The summed E-state index contributed by atoms with van der Waals surface area (Å²) in [4.78, 5) is 12.5. The largest absolute Gasteiger partial charge is 0.416 e. The second-order valence-electron chi connectivity index (χ2n) is 6.33. The molecular weight excluding hydrogens is 360 g/mol. The number of aryl methyl sites for hydroxylation is 2. The molecular formula is C20H18F4N2O. The zero-order valence-corrected chi connectivity index (χ0v) is 15.0. The zero-order chi connectivity index (χ0) is 19.9. The van der Waals surface area contributed by atoms with Crippen LogP contribution in [0.5, 0.6) is 0 Å². The Labute approximate surface area is 153 Å². The number of hydrogen-bond donors (Lipinski definition) is 1. The van der Waals surface area contributed by atoms with Gasteiger partial charge in [-0.2, -0.15) is 13.2 Å². The Bertz CT molecular complexity index is 1030. The minimum Gasteiger partial charge on any atom is -0.345 e. The van der Waals surface area contributed by atoms with Gasteiger partial charge in [0, 0.05) is 28.7 Å². The molecule has 7 heteroatoms. The number of fused-ring (bicyclic) bond motifs is 1. The smallest absolute Gasteiger partial charge is 0.345 e. The van der Waals surface area contributed by atoms with Gasteiger partial charge in [-0.3, -0.25) is 4.79 Å². The van der Waals surface area contributed by atoms with Gasteiger partial charge in [-0.25, -0.2) is 4.39 Å². The number of benzene rings is 2. The molecule has 3 aromatic rings. The Balaban J connectivity index is 1.97. The summed E-state index contributed by atoms with van der Waals surface area (Å²) in [5, 5.41) is 3.12. The summed E-state index contributed by atoms with van der Waals surface area (Å²) in [6, 6.07) is 6.96. The van der Waals surface area contributed by atoms with Gasteiger partial charge >= 0.3 is 6.18 Å². The first-order valence-corrected chi connectivity index (χ1v) is 8.41. The Morgan fingerprint density at radius 3 is 2.44 bits per heavy atom. The van der Waals surface area contributed by atoms with Crippen LogP contribution >= 0.6 is 0 Å². The molecule has 0 aliphatic carbocycles. The molecule has 0 aliphatic heterocycles. The number of nitrogens with one attached hydrogen (secondary N) is 1. The maximum absolute atomic E-state index is 13.9. The third kappa shape index (κ3) is 3.41. The molecule has 0 unspecified atom stereocenters. The highest BCUT2D eigenvalue weighted by molar-refractivity contribution is 6.06. The molecule has 1 amide bonds. The van der Waals surface area contributed by atoms with Crippen LogP contribution in [0.4, 0.5) is 23.2 Å². The van der Waals surface area contributed by atoms with E-state index in [0.717, 1.165) is 28.7 Å². The SMILES string of the molecule is CCn1c(C)c(C)c2cc(C(=O)Nc3cc(C(F)(F)F)ccc3F)ccc21. The van der Waals surface area contributed by atoms with Crippen LogP contribution in [-0.4, -0.2) is 10.5 Å². The number of anilines is 1. The number of aromatic nitrogens is 1. The number of rotatable bonds is 3. The van der Waals surface area contributed by atoms with E-state index in [0.29, 0.717) is 18.2 Å². The number of nitrogens with zero attached hydrogens (tertiary/aromatic N) is 1. The van der Waals surface area contributed by atoms with Crippen molar-refractivity contribution in [1.29, 1.82) is 0 Å². The summed E-state index contributed by atoms with van der Waals surface area (Å²) < 4.78 is 54.4. The Kier molecular flexibility index (Phi) is 4.71. The van der Waals surface area contributed by atoms with E-state index in [1.807, 2.05) is 20.8 Å². The molecule has 0 atom stereocenters. The third-order valence-corrected chi connectivity index (χ3v) is 4.76. The predicted molar refractivity (Wildman–Crippen MR) is 96.4 cm³/mol. The molecule has 27 heavy (non-hydrogen) atoms. The molecule has 1 heterocycles. The van der Waals surface area contributed by atoms with Gasteiger partial charge in [0.25, 0.3) is 5.91 Å². The second-order valence-corrected chi connectivity index (χ2v) is 6.33. The van der Waals surface area contributed by atoms with Crippen molar-refractivity contribution in [3.8, 4) is 0 Å². The van der Waals surface area contributed by atoms with Crippen molar-refractivity contribution < 1.29 is 22.4 Å². The third-order valence-electron chi connectivity index (χ3n) is 4.76. The predicted octanol–water partition coefficient (Wildman–Crippen LogP) is 5.69. The van der Waals surface area contributed by atoms with Crippen molar-refractivity contribution in [2.75, 3.05) is 5.32 Å². The topological polar surface area (TPSA) is 34.0 Å². The van der Waals surface area contributed by atoms with E-state index >= 15 is 0 Å². The first-order chi connectivity index (χ1) is 12.6. The van der Waals surface area contributed by atoms with Gasteiger partial charge in [-0.05, 0) is 62.7 Å². The molecule has 3 rings (SSSR count). The molecule has 0 aliphatic rings. The van der Waals surface area contributed by atoms with Gasteiger partial charge in [0.05, 0.1) is 11.3 Å². The lowest BCUT2D eigenvalue weighted by Crippen LogP contribution is -2.14. The summed E-state index contributed by atoms with van der Waals surface area (Å²) in [5.74, 6) is -1.60. The summed E-state index contributed by atoms with van der Waals surface area (Å²) in [6.07, 6.45) is -4.62. The van der Waals surface area contributed by atoms with E-state index in [1.165, 1.54) is 0 Å². The summed E-state index contributed by atoms with van der Waals surface area (Å²) in [5.41, 5.74) is 1.78. The zero-order valence-electron chi connectivity index (χ0n) is 15.0. The monoisotopic (exact) mass is 378 g/mol. The quantitative estimate of drug-likeness (QED) is 0.584. The van der Waals surface area contributed by atoms with Crippen LogP contribution in [0.15, 0.2) is 36.4 Å². The average Bonchev–Trinajstić information content (AvgIpc) is 2.86. The number of alkyl halides is 3. The van der Waals surface area contributed by atoms with Crippen LogP contribution < -0.4 is 5.32 Å². The van der Waals surface area contributed by atoms with Gasteiger partial charge in [0.15, 0.2) is 0 Å². The highest BCUT2D eigenvalue weighted by Crippen LogP contribution is 2.32. The average molecular weight is 378 g/mol. The number of halogens is 4. The number of carbonyl (C=O) groups excluding carboxylic acids is 1. The van der Waals surface area contributed by atoms with Crippen molar-refractivity contribution in [2.45, 2.75) is 33.5 Å². The normalized spacial score (nSPS) is 11.8. The standard InChI is InChI=1S/C20H18F4N2O/c1-4-26-12(3)11(2)15-9-13(5-8-18(15)26)19(27)25-17-10-14(20(22,23)24)6-7-16(17)21/h5-10H,4H2,1-3H3,(H,25,27).